The highest BCUT2D eigenvalue weighted by molar-refractivity contribution is 7.13. The highest BCUT2D eigenvalue weighted by Gasteiger charge is 2.36. The van der Waals surface area contributed by atoms with E-state index in [-0.39, 0.29) is 42.2 Å². The lowest BCUT2D eigenvalue weighted by Gasteiger charge is -2.42. The molecule has 4 rings (SSSR count). The number of hydrogen-bond acceptors (Lipinski definition) is 5. The fourth-order valence-electron chi connectivity index (χ4n) is 3.88. The van der Waals surface area contributed by atoms with Crippen LogP contribution >= 0.6 is 36.2 Å². The van der Waals surface area contributed by atoms with Gasteiger partial charge in [-0.15, -0.1) is 36.2 Å². The zero-order chi connectivity index (χ0) is 19.3. The lowest BCUT2D eigenvalue weighted by molar-refractivity contribution is 0.0535. The maximum absolute atomic E-state index is 13.5. The second kappa shape index (κ2) is 8.60. The Hall–Kier alpha value is -1.67. The van der Waals surface area contributed by atoms with Crippen LogP contribution in [0.1, 0.15) is 36.3 Å². The third-order valence-electron chi connectivity index (χ3n) is 5.57. The molecule has 0 spiro atoms. The molecule has 1 unspecified atom stereocenters. The van der Waals surface area contributed by atoms with E-state index in [1.165, 1.54) is 0 Å². The van der Waals surface area contributed by atoms with Crippen LogP contribution in [-0.2, 0) is 7.05 Å². The molecule has 0 bridgehead atoms. The highest BCUT2D eigenvalue weighted by Crippen LogP contribution is 2.32. The van der Waals surface area contributed by atoms with Crippen LogP contribution in [0.2, 0.25) is 0 Å². The molecule has 2 N–H and O–H groups in total. The van der Waals surface area contributed by atoms with Crippen molar-refractivity contribution in [2.24, 2.45) is 18.2 Å². The molecule has 9 heteroatoms. The molecule has 1 amide bonds. The van der Waals surface area contributed by atoms with Gasteiger partial charge in [0.25, 0.3) is 5.91 Å². The van der Waals surface area contributed by atoms with E-state index in [2.05, 4.69) is 18.9 Å². The SMILES string of the molecule is Cc1nn(C)c2nc(-c3cccs3)cc(C(=O)N3CCC(N)C(C)(C)C3)c12.Cl.Cl. The normalized spacial score (nSPS) is 18.2. The first kappa shape index (κ1) is 23.6. The number of nitrogens with zero attached hydrogens (tertiary/aromatic N) is 4. The van der Waals surface area contributed by atoms with Crippen LogP contribution in [0.5, 0.6) is 0 Å². The Bertz CT molecular complexity index is 1020. The van der Waals surface area contributed by atoms with E-state index in [1.807, 2.05) is 42.5 Å². The summed E-state index contributed by atoms with van der Waals surface area (Å²) in [6, 6.07) is 6.06. The smallest absolute Gasteiger partial charge is 0.254 e. The Kier molecular flexibility index (Phi) is 7.00. The summed E-state index contributed by atoms with van der Waals surface area (Å²) in [6.07, 6.45) is 0.816. The maximum atomic E-state index is 13.5. The molecule has 3 aromatic heterocycles. The Morgan fingerprint density at radius 1 is 1.34 bits per heavy atom. The molecule has 0 aromatic carbocycles. The number of carbonyl (C=O) groups excluding carboxylic acids is 1. The van der Waals surface area contributed by atoms with Gasteiger partial charge in [0.15, 0.2) is 5.65 Å². The van der Waals surface area contributed by atoms with Gasteiger partial charge >= 0.3 is 0 Å². The van der Waals surface area contributed by atoms with Gasteiger partial charge in [-0.1, -0.05) is 19.9 Å². The van der Waals surface area contributed by atoms with Gasteiger partial charge in [0, 0.05) is 26.2 Å². The number of amides is 1. The van der Waals surface area contributed by atoms with Crippen molar-refractivity contribution in [1.82, 2.24) is 19.7 Å². The van der Waals surface area contributed by atoms with Gasteiger partial charge < -0.3 is 10.6 Å². The Morgan fingerprint density at radius 2 is 2.07 bits per heavy atom. The summed E-state index contributed by atoms with van der Waals surface area (Å²) < 4.78 is 1.76. The number of halogens is 2. The summed E-state index contributed by atoms with van der Waals surface area (Å²) in [5.41, 5.74) is 9.23. The predicted molar refractivity (Wildman–Crippen MR) is 123 cm³/mol. The lowest BCUT2D eigenvalue weighted by atomic mass is 9.79. The number of fused-ring (bicyclic) bond motifs is 1. The molecule has 1 aliphatic heterocycles. The maximum Gasteiger partial charge on any atom is 0.254 e. The van der Waals surface area contributed by atoms with Crippen molar-refractivity contribution in [3.05, 3.63) is 34.8 Å². The lowest BCUT2D eigenvalue weighted by Crippen LogP contribution is -2.54. The number of piperidine rings is 1. The van der Waals surface area contributed by atoms with Crippen molar-refractivity contribution in [2.45, 2.75) is 33.2 Å². The van der Waals surface area contributed by atoms with Gasteiger partial charge in [-0.05, 0) is 36.3 Å². The number of rotatable bonds is 2. The van der Waals surface area contributed by atoms with Crippen LogP contribution in [0.3, 0.4) is 0 Å². The molecule has 29 heavy (non-hydrogen) atoms. The van der Waals surface area contributed by atoms with Crippen molar-refractivity contribution in [1.29, 1.82) is 0 Å². The molecule has 0 radical (unpaired) electrons. The summed E-state index contributed by atoms with van der Waals surface area (Å²) in [4.78, 5) is 21.3. The largest absolute Gasteiger partial charge is 0.338 e. The van der Waals surface area contributed by atoms with E-state index in [9.17, 15) is 4.79 Å². The quantitative estimate of drug-likeness (QED) is 0.631. The molecule has 0 saturated carbocycles. The average Bonchev–Trinajstić information content (AvgIpc) is 3.25. The zero-order valence-corrected chi connectivity index (χ0v) is 19.5. The second-order valence-electron chi connectivity index (χ2n) is 8.05. The average molecular weight is 456 g/mol. The fourth-order valence-corrected chi connectivity index (χ4v) is 4.57. The van der Waals surface area contributed by atoms with Gasteiger partial charge in [-0.3, -0.25) is 9.48 Å². The minimum atomic E-state index is -0.0966. The molecule has 4 heterocycles. The van der Waals surface area contributed by atoms with Crippen molar-refractivity contribution in [3.63, 3.8) is 0 Å². The Balaban J connectivity index is 0.00000150. The predicted octanol–water partition coefficient (Wildman–Crippen LogP) is 4.05. The number of nitrogens with two attached hydrogens (primary N) is 1. The summed E-state index contributed by atoms with van der Waals surface area (Å²) in [7, 11) is 1.87. The number of aryl methyl sites for hydroxylation is 2. The minimum Gasteiger partial charge on any atom is -0.338 e. The number of hydrogen-bond donors (Lipinski definition) is 1. The monoisotopic (exact) mass is 455 g/mol. The number of pyridine rings is 1. The van der Waals surface area contributed by atoms with Crippen molar-refractivity contribution in [2.75, 3.05) is 13.1 Å². The zero-order valence-electron chi connectivity index (χ0n) is 17.0. The van der Waals surface area contributed by atoms with Crippen molar-refractivity contribution in [3.8, 4) is 10.6 Å². The molecule has 158 valence electrons. The van der Waals surface area contributed by atoms with E-state index in [0.29, 0.717) is 18.7 Å². The number of carbonyl (C=O) groups is 1. The highest BCUT2D eigenvalue weighted by atomic mass is 35.5. The molecule has 1 aliphatic rings. The fraction of sp³-hybridized carbons (Fsp3) is 0.450. The van der Waals surface area contributed by atoms with Gasteiger partial charge in [-0.2, -0.15) is 5.10 Å². The molecule has 3 aromatic rings. The number of likely N-dealkylation sites (tertiary alicyclic amines) is 1. The molecule has 1 saturated heterocycles. The minimum absolute atomic E-state index is 0. The number of thiophene rings is 1. The first-order chi connectivity index (χ1) is 12.8. The van der Waals surface area contributed by atoms with Crippen LogP contribution in [0, 0.1) is 12.3 Å². The van der Waals surface area contributed by atoms with Crippen LogP contribution in [0.25, 0.3) is 21.6 Å². The van der Waals surface area contributed by atoms with E-state index >= 15 is 0 Å². The van der Waals surface area contributed by atoms with Crippen molar-refractivity contribution < 1.29 is 4.79 Å². The van der Waals surface area contributed by atoms with Gasteiger partial charge in [0.1, 0.15) is 0 Å². The summed E-state index contributed by atoms with van der Waals surface area (Å²) in [5.74, 6) is 0.0382. The summed E-state index contributed by atoms with van der Waals surface area (Å²) in [6.45, 7) is 7.53. The van der Waals surface area contributed by atoms with E-state index in [1.54, 1.807) is 16.0 Å². The third kappa shape index (κ3) is 4.14. The van der Waals surface area contributed by atoms with E-state index in [4.69, 9.17) is 10.7 Å². The van der Waals surface area contributed by atoms with Gasteiger partial charge in [0.05, 0.1) is 27.2 Å². The Labute approximate surface area is 187 Å². The van der Waals surface area contributed by atoms with E-state index in [0.717, 1.165) is 33.7 Å². The van der Waals surface area contributed by atoms with Crippen molar-refractivity contribution >= 4 is 53.1 Å². The molecule has 1 fully saturated rings. The molecule has 1 atom stereocenters. The number of aromatic nitrogens is 3. The summed E-state index contributed by atoms with van der Waals surface area (Å²) in [5, 5.41) is 7.37. The van der Waals surface area contributed by atoms with Crippen LogP contribution in [0.4, 0.5) is 0 Å². The standard InChI is InChI=1S/C20H25N5OS.2ClH/c1-12-17-13(19(26)25-8-7-16(21)20(2,3)11-25)10-14(15-6-5-9-27-15)22-18(17)24(4)23-12;;/h5-6,9-10,16H,7-8,11,21H2,1-4H3;2*1H. The molecule has 6 nitrogen and oxygen atoms in total. The second-order valence-corrected chi connectivity index (χ2v) is 9.00. The summed E-state index contributed by atoms with van der Waals surface area (Å²) >= 11 is 1.62. The van der Waals surface area contributed by atoms with Crippen LogP contribution in [-0.4, -0.2) is 44.7 Å². The van der Waals surface area contributed by atoms with Crippen LogP contribution < -0.4 is 5.73 Å². The van der Waals surface area contributed by atoms with Gasteiger partial charge in [-0.25, -0.2) is 4.98 Å². The molecular weight excluding hydrogens is 429 g/mol. The first-order valence-electron chi connectivity index (χ1n) is 9.21. The Morgan fingerprint density at radius 3 is 2.69 bits per heavy atom. The van der Waals surface area contributed by atoms with E-state index < -0.39 is 0 Å². The van der Waals surface area contributed by atoms with Gasteiger partial charge in [0.2, 0.25) is 0 Å². The first-order valence-corrected chi connectivity index (χ1v) is 10.1. The van der Waals surface area contributed by atoms with Crippen LogP contribution in [0.15, 0.2) is 23.6 Å². The molecule has 0 aliphatic carbocycles. The topological polar surface area (TPSA) is 77.0 Å². The third-order valence-corrected chi connectivity index (χ3v) is 6.46. The molecular formula is C20H27Cl2N5OS.